The zero-order chi connectivity index (χ0) is 11.1. The molecule has 3 N–H and O–H groups in total. The molecule has 1 saturated heterocycles. The highest BCUT2D eigenvalue weighted by Gasteiger charge is 2.22. The number of carbonyl (C=O) groups is 1. The fraction of sp³-hybridized carbons (Fsp3) is 0.900. The van der Waals surface area contributed by atoms with Gasteiger partial charge in [-0.2, -0.15) is 0 Å². The topological polar surface area (TPSA) is 67.6 Å². The fourth-order valence-electron chi connectivity index (χ4n) is 1.82. The van der Waals surface area contributed by atoms with Crippen LogP contribution in [0.1, 0.15) is 13.3 Å². The first-order valence-electron chi connectivity index (χ1n) is 5.49. The van der Waals surface area contributed by atoms with E-state index in [1.54, 1.807) is 6.92 Å². The minimum Gasteiger partial charge on any atom is -0.379 e. The van der Waals surface area contributed by atoms with E-state index in [1.165, 1.54) is 0 Å². The summed E-state index contributed by atoms with van der Waals surface area (Å²) in [4.78, 5) is 13.1. The molecular weight excluding hydrogens is 194 g/mol. The van der Waals surface area contributed by atoms with Crippen LogP contribution < -0.4 is 11.1 Å². The van der Waals surface area contributed by atoms with E-state index >= 15 is 0 Å². The van der Waals surface area contributed by atoms with Crippen LogP contribution in [0.2, 0.25) is 0 Å². The lowest BCUT2D eigenvalue weighted by Crippen LogP contribution is -2.36. The van der Waals surface area contributed by atoms with Crippen LogP contribution in [0.15, 0.2) is 0 Å². The molecule has 0 aliphatic carbocycles. The third-order valence-corrected chi connectivity index (χ3v) is 2.49. The largest absolute Gasteiger partial charge is 0.379 e. The van der Waals surface area contributed by atoms with Crippen LogP contribution in [0.4, 0.5) is 0 Å². The van der Waals surface area contributed by atoms with Crippen LogP contribution in [0, 0.1) is 0 Å². The molecule has 0 spiro atoms. The highest BCUT2D eigenvalue weighted by Crippen LogP contribution is 2.08. The molecule has 15 heavy (non-hydrogen) atoms. The van der Waals surface area contributed by atoms with Crippen LogP contribution in [-0.4, -0.2) is 56.2 Å². The Hall–Kier alpha value is -0.650. The van der Waals surface area contributed by atoms with E-state index in [4.69, 9.17) is 10.5 Å². The Morgan fingerprint density at radius 2 is 2.40 bits per heavy atom. The molecule has 1 aliphatic rings. The Labute approximate surface area is 90.9 Å². The molecule has 0 bridgehead atoms. The Balaban J connectivity index is 2.05. The van der Waals surface area contributed by atoms with Crippen LogP contribution in [0.25, 0.3) is 0 Å². The summed E-state index contributed by atoms with van der Waals surface area (Å²) in [5.41, 5.74) is 5.31. The first-order chi connectivity index (χ1) is 7.22. The van der Waals surface area contributed by atoms with E-state index in [2.05, 4.69) is 10.2 Å². The molecule has 1 amide bonds. The molecule has 1 unspecified atom stereocenters. The number of likely N-dealkylation sites (tertiary alicyclic amines) is 1. The van der Waals surface area contributed by atoms with Crippen molar-refractivity contribution in [1.29, 1.82) is 0 Å². The Bertz CT molecular complexity index is 199. The van der Waals surface area contributed by atoms with Crippen molar-refractivity contribution in [2.24, 2.45) is 5.73 Å². The lowest BCUT2D eigenvalue weighted by Gasteiger charge is -2.16. The van der Waals surface area contributed by atoms with E-state index in [9.17, 15) is 4.79 Å². The number of nitrogens with one attached hydrogen (secondary N) is 1. The molecule has 1 fully saturated rings. The van der Waals surface area contributed by atoms with Crippen molar-refractivity contribution in [3.63, 3.8) is 0 Å². The molecule has 1 heterocycles. The average molecular weight is 215 g/mol. The van der Waals surface area contributed by atoms with Crippen molar-refractivity contribution >= 4 is 5.91 Å². The fourth-order valence-corrected chi connectivity index (χ4v) is 1.82. The summed E-state index contributed by atoms with van der Waals surface area (Å²) in [5.74, 6) is 0.0567. The van der Waals surface area contributed by atoms with Gasteiger partial charge in [0.25, 0.3) is 0 Å². The van der Waals surface area contributed by atoms with Crippen molar-refractivity contribution in [2.45, 2.75) is 19.4 Å². The van der Waals surface area contributed by atoms with Crippen LogP contribution in [-0.2, 0) is 9.53 Å². The van der Waals surface area contributed by atoms with E-state index in [1.807, 2.05) is 0 Å². The number of hydrogen-bond acceptors (Lipinski definition) is 4. The Kier molecular flexibility index (Phi) is 5.60. The number of ether oxygens (including phenoxy) is 1. The predicted molar refractivity (Wildman–Crippen MR) is 58.5 cm³/mol. The molecule has 5 heteroatoms. The second-order valence-corrected chi connectivity index (χ2v) is 3.89. The smallest absolute Gasteiger partial charge is 0.217 e. The van der Waals surface area contributed by atoms with Crippen LogP contribution in [0.5, 0.6) is 0 Å². The van der Waals surface area contributed by atoms with Gasteiger partial charge >= 0.3 is 0 Å². The molecule has 0 aromatic rings. The van der Waals surface area contributed by atoms with Gasteiger partial charge in [0, 0.05) is 39.1 Å². The number of amides is 1. The van der Waals surface area contributed by atoms with Crippen molar-refractivity contribution < 1.29 is 9.53 Å². The van der Waals surface area contributed by atoms with E-state index in [-0.39, 0.29) is 5.91 Å². The van der Waals surface area contributed by atoms with Crippen LogP contribution >= 0.6 is 0 Å². The molecule has 0 aromatic heterocycles. The van der Waals surface area contributed by atoms with Gasteiger partial charge in [0.1, 0.15) is 0 Å². The number of nitrogens with zero attached hydrogens (tertiary/aromatic N) is 1. The third-order valence-electron chi connectivity index (χ3n) is 2.49. The van der Waals surface area contributed by atoms with Gasteiger partial charge < -0.3 is 15.8 Å². The normalized spacial score (nSPS) is 21.9. The van der Waals surface area contributed by atoms with Gasteiger partial charge in [-0.1, -0.05) is 0 Å². The van der Waals surface area contributed by atoms with Crippen molar-refractivity contribution in [2.75, 3.05) is 39.4 Å². The van der Waals surface area contributed by atoms with Gasteiger partial charge in [0.2, 0.25) is 5.91 Å². The maximum Gasteiger partial charge on any atom is 0.217 e. The van der Waals surface area contributed by atoms with Crippen molar-refractivity contribution in [3.8, 4) is 0 Å². The zero-order valence-corrected chi connectivity index (χ0v) is 9.37. The van der Waals surface area contributed by atoms with E-state index in [0.717, 1.165) is 32.7 Å². The lowest BCUT2D eigenvalue weighted by molar-refractivity contribution is -0.119. The summed E-state index contributed by atoms with van der Waals surface area (Å²) in [5, 5.41) is 2.93. The highest BCUT2D eigenvalue weighted by molar-refractivity contribution is 5.73. The predicted octanol–water partition coefficient (Wildman–Crippen LogP) is -0.828. The maximum atomic E-state index is 10.8. The van der Waals surface area contributed by atoms with E-state index in [0.29, 0.717) is 19.2 Å². The molecule has 88 valence electrons. The molecule has 5 nitrogen and oxygen atoms in total. The van der Waals surface area contributed by atoms with Crippen molar-refractivity contribution in [1.82, 2.24) is 10.2 Å². The Morgan fingerprint density at radius 1 is 1.60 bits per heavy atom. The first kappa shape index (κ1) is 12.4. The van der Waals surface area contributed by atoms with Crippen LogP contribution in [0.3, 0.4) is 0 Å². The summed E-state index contributed by atoms with van der Waals surface area (Å²) in [6.45, 7) is 6.40. The van der Waals surface area contributed by atoms with Crippen molar-refractivity contribution in [3.05, 3.63) is 0 Å². The monoisotopic (exact) mass is 215 g/mol. The zero-order valence-electron chi connectivity index (χ0n) is 9.37. The first-order valence-corrected chi connectivity index (χ1v) is 5.49. The summed E-state index contributed by atoms with van der Waals surface area (Å²) in [6, 6.07) is 0.317. The van der Waals surface area contributed by atoms with Gasteiger partial charge in [-0.3, -0.25) is 9.69 Å². The van der Waals surface area contributed by atoms with Gasteiger partial charge in [0.05, 0.1) is 13.2 Å². The number of rotatable bonds is 6. The summed E-state index contributed by atoms with van der Waals surface area (Å²) < 4.78 is 5.31. The highest BCUT2D eigenvalue weighted by atomic mass is 16.5. The lowest BCUT2D eigenvalue weighted by atomic mass is 10.3. The molecular formula is C10H21N3O2. The number of carbonyl (C=O) groups excluding carboxylic acids is 1. The second kappa shape index (κ2) is 6.76. The molecule has 0 aromatic carbocycles. The minimum atomic E-state index is 0.0567. The SMILES string of the molecule is CC(=O)NC1CCN(CCOCCN)C1. The average Bonchev–Trinajstić information content (AvgIpc) is 2.59. The summed E-state index contributed by atoms with van der Waals surface area (Å²) in [6.07, 6.45) is 1.04. The summed E-state index contributed by atoms with van der Waals surface area (Å²) in [7, 11) is 0. The van der Waals surface area contributed by atoms with Gasteiger partial charge in [-0.15, -0.1) is 0 Å². The number of hydrogen-bond donors (Lipinski definition) is 2. The molecule has 0 radical (unpaired) electrons. The van der Waals surface area contributed by atoms with Gasteiger partial charge in [-0.05, 0) is 6.42 Å². The minimum absolute atomic E-state index is 0.0567. The number of nitrogens with two attached hydrogens (primary N) is 1. The van der Waals surface area contributed by atoms with Gasteiger partial charge in [0.15, 0.2) is 0 Å². The maximum absolute atomic E-state index is 10.8. The van der Waals surface area contributed by atoms with E-state index < -0.39 is 0 Å². The molecule has 1 aliphatic heterocycles. The Morgan fingerprint density at radius 3 is 3.07 bits per heavy atom. The quantitative estimate of drug-likeness (QED) is 0.568. The third kappa shape index (κ3) is 5.11. The second-order valence-electron chi connectivity index (χ2n) is 3.89. The standard InChI is InChI=1S/C10H21N3O2/c1-9(14)12-10-2-4-13(8-10)5-7-15-6-3-11/h10H,2-8,11H2,1H3,(H,12,14). The molecule has 1 atom stereocenters. The molecule has 1 rings (SSSR count). The molecule has 0 saturated carbocycles. The summed E-state index contributed by atoms with van der Waals surface area (Å²) >= 11 is 0. The van der Waals surface area contributed by atoms with Gasteiger partial charge in [-0.25, -0.2) is 0 Å².